The van der Waals surface area contributed by atoms with Gasteiger partial charge in [0.25, 0.3) is 0 Å². The second-order valence-electron chi connectivity index (χ2n) is 2.12. The molecule has 0 aliphatic rings. The van der Waals surface area contributed by atoms with Crippen molar-refractivity contribution >= 4 is 29.5 Å². The Hall–Kier alpha value is 0.154. The zero-order chi connectivity index (χ0) is 10.6. The molecule has 4 heteroatoms. The zero-order valence-corrected chi connectivity index (χ0v) is 11.0. The molecule has 2 aromatic carbocycles. The molecule has 2 rings (SSSR count). The van der Waals surface area contributed by atoms with Crippen molar-refractivity contribution in [2.75, 3.05) is 0 Å². The number of rotatable bonds is 0. The maximum atomic E-state index is 4.95. The molecule has 0 amide bonds. The first kappa shape index (κ1) is 14.2. The molecule has 0 unspecified atom stereocenters. The summed E-state index contributed by atoms with van der Waals surface area (Å²) in [5, 5.41) is 0. The molecule has 0 N–H and O–H groups in total. The first-order valence-electron chi connectivity index (χ1n) is 3.84. The van der Waals surface area contributed by atoms with E-state index in [-0.39, 0.29) is 0 Å². The minimum atomic E-state index is -1.77. The van der Waals surface area contributed by atoms with Crippen molar-refractivity contribution in [3.63, 3.8) is 0 Å². The Morgan fingerprint density at radius 2 is 0.857 bits per heavy atom. The molecule has 0 saturated heterocycles. The van der Waals surface area contributed by atoms with E-state index in [9.17, 15) is 0 Å². The normalized spacial score (nSPS) is 8.29. The van der Waals surface area contributed by atoms with E-state index in [1.54, 1.807) is 0 Å². The topological polar surface area (TPSA) is 0 Å². The van der Waals surface area contributed by atoms with Crippen LogP contribution in [0.25, 0.3) is 0 Å². The summed E-state index contributed by atoms with van der Waals surface area (Å²) in [7, 11) is 14.9. The van der Waals surface area contributed by atoms with E-state index in [0.717, 1.165) is 0 Å². The molecular weight excluding hydrogens is 277 g/mol. The van der Waals surface area contributed by atoms with Crippen molar-refractivity contribution < 1.29 is 12.3 Å². The first-order chi connectivity index (χ1) is 6.73. The van der Waals surface area contributed by atoms with Crippen LogP contribution in [-0.4, -0.2) is 0 Å². The van der Waals surface area contributed by atoms with Crippen molar-refractivity contribution in [2.24, 2.45) is 0 Å². The predicted molar refractivity (Wildman–Crippen MR) is 61.6 cm³/mol. The fourth-order valence-corrected chi connectivity index (χ4v) is 0.642. The Morgan fingerprint density at radius 1 is 0.643 bits per heavy atom. The van der Waals surface area contributed by atoms with Gasteiger partial charge in [-0.05, 0) is 0 Å². The van der Waals surface area contributed by atoms with Crippen molar-refractivity contribution in [3.8, 4) is 0 Å². The predicted octanol–water partition coefficient (Wildman–Crippen LogP) is 4.88. The standard InChI is InChI=1S/2C5H5.3ClH.V/c2*1-2-4-5-3-1;;;;/h2*1-5H;3*1H;/q2*-1;;;;+3/p-3. The molecule has 0 spiro atoms. The van der Waals surface area contributed by atoms with Crippen LogP contribution < -0.4 is 0 Å². The Balaban J connectivity index is 0.000000183. The molecule has 78 valence electrons. The van der Waals surface area contributed by atoms with Gasteiger partial charge in [-0.1, -0.05) is 0 Å². The molecule has 2 aromatic rings. The van der Waals surface area contributed by atoms with E-state index in [2.05, 4.69) is 0 Å². The van der Waals surface area contributed by atoms with Crippen LogP contribution in [0.3, 0.4) is 0 Å². The molecule has 0 aromatic heterocycles. The quantitative estimate of drug-likeness (QED) is 0.606. The minimum absolute atomic E-state index is 1.77. The molecule has 0 atom stereocenters. The monoisotopic (exact) mass is 286 g/mol. The molecule has 14 heavy (non-hydrogen) atoms. The smallest absolute Gasteiger partial charge is 0.172 e. The second-order valence-corrected chi connectivity index (χ2v) is 9.04. The van der Waals surface area contributed by atoms with E-state index in [4.69, 9.17) is 29.5 Å². The van der Waals surface area contributed by atoms with Gasteiger partial charge in [-0.3, -0.25) is 0 Å². The molecule has 0 fully saturated rings. The van der Waals surface area contributed by atoms with Crippen LogP contribution in [0, 0.1) is 0 Å². The zero-order valence-electron chi connectivity index (χ0n) is 7.35. The van der Waals surface area contributed by atoms with Crippen LogP contribution in [0.15, 0.2) is 60.7 Å². The molecule has 0 aliphatic heterocycles. The summed E-state index contributed by atoms with van der Waals surface area (Å²) >= 11 is -1.77. The molecule has 0 radical (unpaired) electrons. The van der Waals surface area contributed by atoms with Crippen LogP contribution in [0.2, 0.25) is 0 Å². The van der Waals surface area contributed by atoms with Crippen molar-refractivity contribution in [1.29, 1.82) is 0 Å². The number of halogens is 3. The van der Waals surface area contributed by atoms with E-state index in [1.807, 2.05) is 60.7 Å². The molecular formula is C10H10Cl3V-2. The van der Waals surface area contributed by atoms with E-state index < -0.39 is 12.3 Å². The first-order valence-corrected chi connectivity index (χ1v) is 9.61. The third-order valence-corrected chi connectivity index (χ3v) is 1.11. The van der Waals surface area contributed by atoms with Gasteiger partial charge in [0.15, 0.2) is 0 Å². The van der Waals surface area contributed by atoms with Crippen LogP contribution in [-0.2, 0) is 12.3 Å². The van der Waals surface area contributed by atoms with Gasteiger partial charge in [0, 0.05) is 0 Å². The Morgan fingerprint density at radius 3 is 0.929 bits per heavy atom. The van der Waals surface area contributed by atoms with Gasteiger partial charge in [0.1, 0.15) is 0 Å². The summed E-state index contributed by atoms with van der Waals surface area (Å²) in [5.41, 5.74) is 0. The molecule has 0 bridgehead atoms. The summed E-state index contributed by atoms with van der Waals surface area (Å²) < 4.78 is 0. The largest absolute Gasteiger partial charge is 0.214 e. The Bertz CT molecular complexity index is 187. The van der Waals surface area contributed by atoms with Crippen molar-refractivity contribution in [3.05, 3.63) is 60.7 Å². The molecule has 0 saturated carbocycles. The SMILES string of the molecule is [Cl][V]([Cl])[Cl].c1cc[cH-]c1.c1cc[cH-]c1. The maximum Gasteiger partial charge on any atom is -0.172 e. The van der Waals surface area contributed by atoms with Crippen LogP contribution >= 0.6 is 29.5 Å². The van der Waals surface area contributed by atoms with E-state index in [1.165, 1.54) is 0 Å². The van der Waals surface area contributed by atoms with E-state index in [0.29, 0.717) is 0 Å². The van der Waals surface area contributed by atoms with Gasteiger partial charge < -0.3 is 0 Å². The molecule has 0 nitrogen and oxygen atoms in total. The van der Waals surface area contributed by atoms with Crippen molar-refractivity contribution in [2.45, 2.75) is 0 Å². The Kier molecular flexibility index (Phi) is 11.4. The average molecular weight is 287 g/mol. The third-order valence-electron chi connectivity index (χ3n) is 1.11. The fourth-order valence-electron chi connectivity index (χ4n) is 0.642. The second kappa shape index (κ2) is 11.2. The van der Waals surface area contributed by atoms with Crippen LogP contribution in [0.5, 0.6) is 0 Å². The van der Waals surface area contributed by atoms with Crippen LogP contribution in [0.1, 0.15) is 0 Å². The van der Waals surface area contributed by atoms with Gasteiger partial charge in [-0.2, -0.15) is 36.4 Å². The summed E-state index contributed by atoms with van der Waals surface area (Å²) in [6.07, 6.45) is 0. The minimum Gasteiger partial charge on any atom is -0.214 e. The van der Waals surface area contributed by atoms with E-state index >= 15 is 0 Å². The number of hydrogen-bond acceptors (Lipinski definition) is 0. The van der Waals surface area contributed by atoms with Crippen molar-refractivity contribution in [1.82, 2.24) is 0 Å². The maximum absolute atomic E-state index is 4.95. The van der Waals surface area contributed by atoms with Gasteiger partial charge in [-0.15, -0.1) is 0 Å². The van der Waals surface area contributed by atoms with Crippen LogP contribution in [0.4, 0.5) is 0 Å². The summed E-state index contributed by atoms with van der Waals surface area (Å²) in [5.74, 6) is 0. The van der Waals surface area contributed by atoms with Gasteiger partial charge in [0.2, 0.25) is 0 Å². The fraction of sp³-hybridized carbons (Fsp3) is 0. The summed E-state index contributed by atoms with van der Waals surface area (Å²) in [6, 6.07) is 20.0. The summed E-state index contributed by atoms with van der Waals surface area (Å²) in [6.45, 7) is 0. The van der Waals surface area contributed by atoms with Gasteiger partial charge in [0.05, 0.1) is 0 Å². The van der Waals surface area contributed by atoms with Gasteiger partial charge >= 0.3 is 41.8 Å². The Labute approximate surface area is 102 Å². The number of hydrogen-bond donors (Lipinski definition) is 0. The summed E-state index contributed by atoms with van der Waals surface area (Å²) in [4.78, 5) is 0. The molecule has 0 heterocycles. The third kappa shape index (κ3) is 14.7. The molecule has 0 aliphatic carbocycles. The average Bonchev–Trinajstić information content (AvgIpc) is 2.83. The van der Waals surface area contributed by atoms with Gasteiger partial charge in [-0.25, -0.2) is 24.3 Å².